The fraction of sp³-hybridized carbons (Fsp3) is 0.185. The highest BCUT2D eigenvalue weighted by atomic mass is 32.2. The number of aromatic nitrogens is 3. The summed E-state index contributed by atoms with van der Waals surface area (Å²) >= 11 is 0.968. The Hall–Kier alpha value is -4.51. The number of benzene rings is 2. The Morgan fingerprint density at radius 2 is 1.66 bits per heavy atom. The van der Waals surface area contributed by atoms with E-state index in [1.807, 2.05) is 23.6 Å². The summed E-state index contributed by atoms with van der Waals surface area (Å²) in [4.78, 5) is 23.7. The van der Waals surface area contributed by atoms with Crippen LogP contribution in [0.5, 0.6) is 11.5 Å². The molecule has 0 bridgehead atoms. The second kappa shape index (κ2) is 11.7. The first-order valence-corrected chi connectivity index (χ1v) is 12.3. The lowest BCUT2D eigenvalue weighted by atomic mass is 10.1. The Labute approximate surface area is 222 Å². The molecule has 0 saturated carbocycles. The van der Waals surface area contributed by atoms with Crippen LogP contribution in [0.3, 0.4) is 0 Å². The van der Waals surface area contributed by atoms with E-state index in [0.717, 1.165) is 22.9 Å². The van der Waals surface area contributed by atoms with Gasteiger partial charge in [-0.25, -0.2) is 9.59 Å². The van der Waals surface area contributed by atoms with Gasteiger partial charge >= 0.3 is 11.9 Å². The minimum atomic E-state index is -1.13. The van der Waals surface area contributed by atoms with E-state index in [0.29, 0.717) is 46.1 Å². The minimum absolute atomic E-state index is 0.00353. The number of furan rings is 1. The van der Waals surface area contributed by atoms with E-state index < -0.39 is 11.9 Å². The first-order chi connectivity index (χ1) is 18.4. The van der Waals surface area contributed by atoms with Gasteiger partial charge in [-0.05, 0) is 55.1 Å². The normalized spacial score (nSPS) is 11.3. The number of hydrogen-bond acceptors (Lipinski definition) is 9. The summed E-state index contributed by atoms with van der Waals surface area (Å²) in [5.41, 5.74) is 1.86. The number of rotatable bonds is 10. The number of ether oxygens (including phenoxy) is 3. The van der Waals surface area contributed by atoms with Gasteiger partial charge in [0, 0.05) is 29.8 Å². The van der Waals surface area contributed by atoms with Crippen LogP contribution in [0.2, 0.25) is 0 Å². The Balaban J connectivity index is 1.61. The number of esters is 1. The lowest BCUT2D eigenvalue weighted by Crippen LogP contribution is -2.03. The Morgan fingerprint density at radius 1 is 0.974 bits per heavy atom. The predicted molar refractivity (Wildman–Crippen MR) is 141 cm³/mol. The number of carbonyl (C=O) groups excluding carboxylic acids is 1. The molecule has 0 radical (unpaired) electrons. The molecule has 0 atom stereocenters. The van der Waals surface area contributed by atoms with Crippen molar-refractivity contribution in [3.05, 3.63) is 70.8 Å². The second-order valence-electron chi connectivity index (χ2n) is 7.84. The molecule has 4 rings (SSSR count). The van der Waals surface area contributed by atoms with Gasteiger partial charge in [0.15, 0.2) is 11.0 Å². The quantitative estimate of drug-likeness (QED) is 0.163. The van der Waals surface area contributed by atoms with Crippen molar-refractivity contribution >= 4 is 29.8 Å². The number of carboxylic acids is 1. The predicted octanol–water partition coefficient (Wildman–Crippen LogP) is 5.25. The van der Waals surface area contributed by atoms with Crippen molar-refractivity contribution in [2.75, 3.05) is 21.3 Å². The van der Waals surface area contributed by atoms with Crippen LogP contribution in [0.4, 0.5) is 0 Å². The molecule has 0 saturated heterocycles. The van der Waals surface area contributed by atoms with Gasteiger partial charge in [-0.2, -0.15) is 0 Å². The lowest BCUT2D eigenvalue weighted by molar-refractivity contribution is -0.131. The maximum Gasteiger partial charge on any atom is 0.342 e. The van der Waals surface area contributed by atoms with Crippen LogP contribution in [0.1, 0.15) is 23.0 Å². The van der Waals surface area contributed by atoms with Gasteiger partial charge < -0.3 is 28.3 Å². The molecule has 2 heterocycles. The minimum Gasteiger partial charge on any atom is -0.497 e. The molecule has 11 heteroatoms. The number of carbonyl (C=O) groups is 2. The zero-order valence-electron chi connectivity index (χ0n) is 21.1. The third-order valence-electron chi connectivity index (χ3n) is 5.55. The van der Waals surface area contributed by atoms with Crippen molar-refractivity contribution in [1.82, 2.24) is 14.8 Å². The Bertz CT molecular complexity index is 1470. The van der Waals surface area contributed by atoms with Crippen LogP contribution < -0.4 is 9.47 Å². The zero-order valence-corrected chi connectivity index (χ0v) is 21.9. The van der Waals surface area contributed by atoms with Crippen molar-refractivity contribution in [2.24, 2.45) is 0 Å². The van der Waals surface area contributed by atoms with E-state index in [1.165, 1.54) is 13.2 Å². The van der Waals surface area contributed by atoms with Crippen LogP contribution in [0.25, 0.3) is 28.8 Å². The van der Waals surface area contributed by atoms with Crippen molar-refractivity contribution in [3.63, 3.8) is 0 Å². The largest absolute Gasteiger partial charge is 0.497 e. The monoisotopic (exact) mass is 535 g/mol. The van der Waals surface area contributed by atoms with E-state index in [1.54, 1.807) is 56.7 Å². The van der Waals surface area contributed by atoms with Crippen molar-refractivity contribution < 1.29 is 33.3 Å². The zero-order chi connectivity index (χ0) is 27.2. The number of aliphatic carboxylic acids is 1. The summed E-state index contributed by atoms with van der Waals surface area (Å²) in [6.07, 6.45) is 1.43. The summed E-state index contributed by atoms with van der Waals surface area (Å²) < 4.78 is 23.1. The SMILES string of the molecule is CCn1c(S/C(=C\c2ccc(-c3ccc(C(=O)OC)cc3)o2)C(=O)O)nnc1-c1cc(OC)cc(OC)c1. The molecule has 2 aromatic heterocycles. The lowest BCUT2D eigenvalue weighted by Gasteiger charge is -2.10. The summed E-state index contributed by atoms with van der Waals surface area (Å²) in [5, 5.41) is 18.8. The number of thioether (sulfide) groups is 1. The topological polar surface area (TPSA) is 126 Å². The van der Waals surface area contributed by atoms with Crippen molar-refractivity contribution in [2.45, 2.75) is 18.6 Å². The molecule has 10 nitrogen and oxygen atoms in total. The number of nitrogens with zero attached hydrogens (tertiary/aromatic N) is 3. The van der Waals surface area contributed by atoms with Crippen LogP contribution in [0.15, 0.2) is 69.1 Å². The highest BCUT2D eigenvalue weighted by Gasteiger charge is 2.20. The molecule has 0 aliphatic heterocycles. The van der Waals surface area contributed by atoms with E-state index in [2.05, 4.69) is 10.2 Å². The molecular formula is C27H25N3O7S. The molecule has 0 unspecified atom stereocenters. The van der Waals surface area contributed by atoms with Gasteiger partial charge in [-0.15, -0.1) is 10.2 Å². The van der Waals surface area contributed by atoms with Gasteiger partial charge in [0.25, 0.3) is 0 Å². The number of hydrogen-bond donors (Lipinski definition) is 1. The molecule has 196 valence electrons. The highest BCUT2D eigenvalue weighted by molar-refractivity contribution is 8.04. The fourth-order valence-electron chi connectivity index (χ4n) is 3.64. The van der Waals surface area contributed by atoms with Crippen LogP contribution in [0, 0.1) is 0 Å². The third kappa shape index (κ3) is 5.73. The van der Waals surface area contributed by atoms with E-state index in [-0.39, 0.29) is 4.91 Å². The molecule has 4 aromatic rings. The standard InChI is InChI=1S/C27H25N3O7S/c1-5-30-24(18-12-20(34-2)14-21(13-18)35-3)28-29-27(30)38-23(25(31)32)15-19-10-11-22(37-19)16-6-8-17(9-7-16)26(33)36-4/h6-15H,5H2,1-4H3,(H,31,32)/b23-15-. The van der Waals surface area contributed by atoms with Gasteiger partial charge in [0.05, 0.1) is 26.9 Å². The molecular weight excluding hydrogens is 510 g/mol. The smallest absolute Gasteiger partial charge is 0.342 e. The number of methoxy groups -OCH3 is 3. The molecule has 38 heavy (non-hydrogen) atoms. The molecule has 2 aromatic carbocycles. The molecule has 0 spiro atoms. The van der Waals surface area contributed by atoms with Crippen molar-refractivity contribution in [3.8, 4) is 34.2 Å². The fourth-order valence-corrected chi connectivity index (χ4v) is 4.50. The molecule has 0 fully saturated rings. The molecule has 0 amide bonds. The second-order valence-corrected chi connectivity index (χ2v) is 8.85. The first kappa shape index (κ1) is 26.6. The molecule has 0 aliphatic rings. The van der Waals surface area contributed by atoms with E-state index in [4.69, 9.17) is 18.6 Å². The van der Waals surface area contributed by atoms with E-state index in [9.17, 15) is 14.7 Å². The summed E-state index contributed by atoms with van der Waals surface area (Å²) in [6, 6.07) is 15.5. The maximum absolute atomic E-state index is 12.1. The van der Waals surface area contributed by atoms with Crippen molar-refractivity contribution in [1.29, 1.82) is 0 Å². The van der Waals surface area contributed by atoms with Gasteiger partial charge in [0.1, 0.15) is 27.9 Å². The van der Waals surface area contributed by atoms with Crippen LogP contribution >= 0.6 is 11.8 Å². The number of carboxylic acid groups (broad SMARTS) is 1. The third-order valence-corrected chi connectivity index (χ3v) is 6.54. The molecule has 0 aliphatic carbocycles. The molecule has 1 N–H and O–H groups in total. The first-order valence-electron chi connectivity index (χ1n) is 11.4. The Morgan fingerprint density at radius 3 is 2.24 bits per heavy atom. The highest BCUT2D eigenvalue weighted by Crippen LogP contribution is 2.34. The average molecular weight is 536 g/mol. The van der Waals surface area contributed by atoms with Gasteiger partial charge in [-0.3, -0.25) is 0 Å². The Kier molecular flexibility index (Phi) is 8.17. The van der Waals surface area contributed by atoms with Crippen LogP contribution in [-0.2, 0) is 16.1 Å². The summed E-state index contributed by atoms with van der Waals surface area (Å²) in [7, 11) is 4.44. The van der Waals surface area contributed by atoms with Gasteiger partial charge in [0.2, 0.25) is 0 Å². The maximum atomic E-state index is 12.1. The summed E-state index contributed by atoms with van der Waals surface area (Å²) in [6.45, 7) is 2.42. The van der Waals surface area contributed by atoms with Gasteiger partial charge in [-0.1, -0.05) is 12.1 Å². The van der Waals surface area contributed by atoms with Crippen LogP contribution in [-0.4, -0.2) is 53.1 Å². The van der Waals surface area contributed by atoms with E-state index >= 15 is 0 Å². The average Bonchev–Trinajstić information content (AvgIpc) is 3.58. The summed E-state index contributed by atoms with van der Waals surface area (Å²) in [5.74, 6) is 1.04.